The van der Waals surface area contributed by atoms with Gasteiger partial charge in [0.15, 0.2) is 0 Å². The third-order valence-corrected chi connectivity index (χ3v) is 4.44. The molecule has 0 aromatic carbocycles. The molecule has 0 radical (unpaired) electrons. The van der Waals surface area contributed by atoms with Gasteiger partial charge in [-0.3, -0.25) is 4.79 Å². The molecule has 1 unspecified atom stereocenters. The third-order valence-electron chi connectivity index (χ3n) is 4.44. The van der Waals surface area contributed by atoms with Gasteiger partial charge in [-0.05, 0) is 45.6 Å². The number of hydrogen-bond donors (Lipinski definition) is 0. The van der Waals surface area contributed by atoms with Crippen molar-refractivity contribution in [2.24, 2.45) is 0 Å². The monoisotopic (exact) mass is 301 g/mol. The van der Waals surface area contributed by atoms with Crippen LogP contribution in [0.5, 0.6) is 0 Å². The van der Waals surface area contributed by atoms with E-state index < -0.39 is 0 Å². The Bertz CT molecular complexity index is 630. The predicted molar refractivity (Wildman–Crippen MR) is 83.7 cm³/mol. The van der Waals surface area contributed by atoms with E-state index in [1.165, 1.54) is 6.42 Å². The first-order valence-electron chi connectivity index (χ1n) is 7.99. The predicted octanol–water partition coefficient (Wildman–Crippen LogP) is 3.18. The Hall–Kier alpha value is -2.04. The zero-order valence-corrected chi connectivity index (χ0v) is 13.3. The zero-order chi connectivity index (χ0) is 15.5. The number of aromatic nitrogens is 2. The second-order valence-corrected chi connectivity index (χ2v) is 6.06. The Labute approximate surface area is 130 Å². The standard InChI is InChI=1S/C17H23N3O2/c1-13-11-16(14(2)22-13)17(21)20-8-4-3-5-15(20)6-9-19-10-7-18-12-19/h7,10-12,15H,3-6,8-9H2,1-2H3. The summed E-state index contributed by atoms with van der Waals surface area (Å²) in [6.07, 6.45) is 9.93. The summed E-state index contributed by atoms with van der Waals surface area (Å²) in [6.45, 7) is 5.50. The van der Waals surface area contributed by atoms with Crippen LogP contribution in [0.1, 0.15) is 47.6 Å². The van der Waals surface area contributed by atoms with Crippen LogP contribution < -0.4 is 0 Å². The summed E-state index contributed by atoms with van der Waals surface area (Å²) in [5.74, 6) is 1.64. The van der Waals surface area contributed by atoms with Crippen molar-refractivity contribution in [1.29, 1.82) is 0 Å². The van der Waals surface area contributed by atoms with E-state index in [4.69, 9.17) is 4.42 Å². The summed E-state index contributed by atoms with van der Waals surface area (Å²) in [5, 5.41) is 0. The van der Waals surface area contributed by atoms with Crippen molar-refractivity contribution in [3.63, 3.8) is 0 Å². The fraction of sp³-hybridized carbons (Fsp3) is 0.529. The number of piperidine rings is 1. The van der Waals surface area contributed by atoms with E-state index in [0.29, 0.717) is 11.6 Å². The van der Waals surface area contributed by atoms with Crippen molar-refractivity contribution in [3.05, 3.63) is 41.9 Å². The maximum Gasteiger partial charge on any atom is 0.257 e. The lowest BCUT2D eigenvalue weighted by Gasteiger charge is -2.36. The van der Waals surface area contributed by atoms with Gasteiger partial charge < -0.3 is 13.9 Å². The summed E-state index contributed by atoms with van der Waals surface area (Å²) in [7, 11) is 0. The molecule has 5 heteroatoms. The van der Waals surface area contributed by atoms with Gasteiger partial charge in [-0.25, -0.2) is 4.98 Å². The van der Waals surface area contributed by atoms with Crippen LogP contribution in [0.2, 0.25) is 0 Å². The lowest BCUT2D eigenvalue weighted by Crippen LogP contribution is -2.44. The molecule has 22 heavy (non-hydrogen) atoms. The highest BCUT2D eigenvalue weighted by molar-refractivity contribution is 5.95. The second-order valence-electron chi connectivity index (χ2n) is 6.06. The van der Waals surface area contributed by atoms with Gasteiger partial charge in [0.1, 0.15) is 11.5 Å². The number of furan rings is 1. The number of rotatable bonds is 4. The van der Waals surface area contributed by atoms with E-state index in [2.05, 4.69) is 9.55 Å². The van der Waals surface area contributed by atoms with Crippen LogP contribution in [0, 0.1) is 13.8 Å². The molecule has 0 bridgehead atoms. The SMILES string of the molecule is Cc1cc(C(=O)N2CCCCC2CCn2ccnc2)c(C)o1. The van der Waals surface area contributed by atoms with Gasteiger partial charge in [0.2, 0.25) is 0 Å². The van der Waals surface area contributed by atoms with Crippen molar-refractivity contribution in [1.82, 2.24) is 14.5 Å². The number of imidazole rings is 1. The number of aryl methyl sites for hydroxylation is 3. The summed E-state index contributed by atoms with van der Waals surface area (Å²) in [4.78, 5) is 19.0. The van der Waals surface area contributed by atoms with Gasteiger partial charge in [-0.2, -0.15) is 0 Å². The normalized spacial score (nSPS) is 18.6. The molecular formula is C17H23N3O2. The summed E-state index contributed by atoms with van der Waals surface area (Å²) >= 11 is 0. The highest BCUT2D eigenvalue weighted by Crippen LogP contribution is 2.24. The lowest BCUT2D eigenvalue weighted by molar-refractivity contribution is 0.0593. The first-order chi connectivity index (χ1) is 10.6. The summed E-state index contributed by atoms with van der Waals surface area (Å²) < 4.78 is 7.59. The lowest BCUT2D eigenvalue weighted by atomic mass is 9.98. The quantitative estimate of drug-likeness (QED) is 0.871. The molecule has 3 heterocycles. The van der Waals surface area contributed by atoms with E-state index in [1.54, 1.807) is 6.20 Å². The number of likely N-dealkylation sites (tertiary alicyclic amines) is 1. The van der Waals surface area contributed by atoms with E-state index in [0.717, 1.165) is 43.9 Å². The fourth-order valence-electron chi connectivity index (χ4n) is 3.28. The number of carbonyl (C=O) groups excluding carboxylic acids is 1. The van der Waals surface area contributed by atoms with Gasteiger partial charge in [-0.15, -0.1) is 0 Å². The Balaban J connectivity index is 1.71. The van der Waals surface area contributed by atoms with Crippen molar-refractivity contribution in [3.8, 4) is 0 Å². The first-order valence-corrected chi connectivity index (χ1v) is 7.99. The van der Waals surface area contributed by atoms with Crippen molar-refractivity contribution in [2.45, 2.75) is 52.1 Å². The fourth-order valence-corrected chi connectivity index (χ4v) is 3.28. The van der Waals surface area contributed by atoms with Gasteiger partial charge in [0.05, 0.1) is 11.9 Å². The Morgan fingerprint density at radius 3 is 2.95 bits per heavy atom. The number of carbonyl (C=O) groups is 1. The van der Waals surface area contributed by atoms with Gasteiger partial charge in [0.25, 0.3) is 5.91 Å². The van der Waals surface area contributed by atoms with Crippen LogP contribution in [0.3, 0.4) is 0 Å². The van der Waals surface area contributed by atoms with Gasteiger partial charge in [0, 0.05) is 31.5 Å². The summed E-state index contributed by atoms with van der Waals surface area (Å²) in [6, 6.07) is 2.16. The van der Waals surface area contributed by atoms with Crippen molar-refractivity contribution >= 4 is 5.91 Å². The Morgan fingerprint density at radius 2 is 2.27 bits per heavy atom. The van der Waals surface area contributed by atoms with E-state index in [1.807, 2.05) is 37.3 Å². The average Bonchev–Trinajstić information content (AvgIpc) is 3.14. The highest BCUT2D eigenvalue weighted by atomic mass is 16.3. The first kappa shape index (κ1) is 14.9. The maximum atomic E-state index is 12.9. The maximum absolute atomic E-state index is 12.9. The molecule has 2 aromatic rings. The van der Waals surface area contributed by atoms with Crippen LogP contribution in [-0.4, -0.2) is 32.9 Å². The number of hydrogen-bond acceptors (Lipinski definition) is 3. The molecule has 1 atom stereocenters. The molecular weight excluding hydrogens is 278 g/mol. The number of amides is 1. The topological polar surface area (TPSA) is 51.3 Å². The average molecular weight is 301 g/mol. The van der Waals surface area contributed by atoms with Crippen LogP contribution in [0.15, 0.2) is 29.2 Å². The highest BCUT2D eigenvalue weighted by Gasteiger charge is 2.29. The zero-order valence-electron chi connectivity index (χ0n) is 13.3. The molecule has 1 aliphatic heterocycles. The molecule has 0 spiro atoms. The second kappa shape index (κ2) is 6.38. The minimum atomic E-state index is 0.115. The summed E-state index contributed by atoms with van der Waals surface area (Å²) in [5.41, 5.74) is 0.715. The molecule has 1 aliphatic rings. The van der Waals surface area contributed by atoms with Crippen molar-refractivity contribution < 1.29 is 9.21 Å². The third kappa shape index (κ3) is 3.08. The van der Waals surface area contributed by atoms with E-state index >= 15 is 0 Å². The number of nitrogens with zero attached hydrogens (tertiary/aromatic N) is 3. The molecule has 5 nitrogen and oxygen atoms in total. The van der Waals surface area contributed by atoms with Crippen LogP contribution in [-0.2, 0) is 6.54 Å². The Morgan fingerprint density at radius 1 is 1.41 bits per heavy atom. The molecule has 1 fully saturated rings. The largest absolute Gasteiger partial charge is 0.466 e. The van der Waals surface area contributed by atoms with Crippen LogP contribution >= 0.6 is 0 Å². The van der Waals surface area contributed by atoms with Crippen LogP contribution in [0.4, 0.5) is 0 Å². The molecule has 2 aromatic heterocycles. The molecule has 1 amide bonds. The molecule has 3 rings (SSSR count). The molecule has 0 aliphatic carbocycles. The minimum absolute atomic E-state index is 0.115. The smallest absolute Gasteiger partial charge is 0.257 e. The molecule has 1 saturated heterocycles. The van der Waals surface area contributed by atoms with Gasteiger partial charge in [-0.1, -0.05) is 0 Å². The van der Waals surface area contributed by atoms with Gasteiger partial charge >= 0.3 is 0 Å². The van der Waals surface area contributed by atoms with E-state index in [-0.39, 0.29) is 5.91 Å². The van der Waals surface area contributed by atoms with E-state index in [9.17, 15) is 4.79 Å². The Kier molecular flexibility index (Phi) is 4.32. The minimum Gasteiger partial charge on any atom is -0.466 e. The molecule has 118 valence electrons. The van der Waals surface area contributed by atoms with Crippen LogP contribution in [0.25, 0.3) is 0 Å². The molecule has 0 N–H and O–H groups in total. The molecule has 0 saturated carbocycles. The van der Waals surface area contributed by atoms with Crippen molar-refractivity contribution in [2.75, 3.05) is 6.54 Å².